The second-order valence-electron chi connectivity index (χ2n) is 5.65. The average molecular weight is 370 g/mol. The Morgan fingerprint density at radius 1 is 1.23 bits per heavy atom. The van der Waals surface area contributed by atoms with Crippen LogP contribution in [0.3, 0.4) is 0 Å². The van der Waals surface area contributed by atoms with Crippen molar-refractivity contribution in [3.8, 4) is 0 Å². The minimum Gasteiger partial charge on any atom is -0.309 e. The lowest BCUT2D eigenvalue weighted by Crippen LogP contribution is -2.43. The van der Waals surface area contributed by atoms with Crippen molar-refractivity contribution in [2.75, 3.05) is 17.3 Å². The van der Waals surface area contributed by atoms with Crippen molar-refractivity contribution in [2.45, 2.75) is 12.5 Å². The molecule has 26 heavy (non-hydrogen) atoms. The Labute approximate surface area is 153 Å². The summed E-state index contributed by atoms with van der Waals surface area (Å²) in [6, 6.07) is 11.0. The molecular weight excluding hydrogens is 352 g/mol. The molecular formula is C18H18N4O3S. The quantitative estimate of drug-likeness (QED) is 0.692. The second kappa shape index (κ2) is 8.01. The number of aromatic amines is 1. The molecule has 3 rings (SSSR count). The molecule has 1 atom stereocenters. The van der Waals surface area contributed by atoms with Gasteiger partial charge in [0.1, 0.15) is 11.9 Å². The molecule has 0 aliphatic heterocycles. The SMILES string of the molecule is CSCC[C@@H](C(=O)Nc1ccccn1)n1c(=O)[nH]c2ccccc2c1=O. The molecule has 1 aromatic carbocycles. The van der Waals surface area contributed by atoms with E-state index in [0.29, 0.717) is 28.9 Å². The van der Waals surface area contributed by atoms with Crippen LogP contribution in [0.5, 0.6) is 0 Å². The molecule has 0 saturated heterocycles. The predicted molar refractivity (Wildman–Crippen MR) is 104 cm³/mol. The Morgan fingerprint density at radius 2 is 2.00 bits per heavy atom. The minimum absolute atomic E-state index is 0.348. The molecule has 134 valence electrons. The lowest BCUT2D eigenvalue weighted by atomic mass is 10.2. The van der Waals surface area contributed by atoms with E-state index >= 15 is 0 Å². The molecule has 0 bridgehead atoms. The van der Waals surface area contributed by atoms with Crippen molar-refractivity contribution in [1.82, 2.24) is 14.5 Å². The van der Waals surface area contributed by atoms with Crippen LogP contribution < -0.4 is 16.6 Å². The van der Waals surface area contributed by atoms with Gasteiger partial charge in [-0.25, -0.2) is 14.3 Å². The number of H-pyrrole nitrogens is 1. The summed E-state index contributed by atoms with van der Waals surface area (Å²) in [6.45, 7) is 0. The van der Waals surface area contributed by atoms with Crippen molar-refractivity contribution in [1.29, 1.82) is 0 Å². The number of anilines is 1. The van der Waals surface area contributed by atoms with Gasteiger partial charge in [0, 0.05) is 6.20 Å². The molecule has 3 aromatic rings. The molecule has 0 aliphatic carbocycles. The first kappa shape index (κ1) is 17.9. The average Bonchev–Trinajstić information content (AvgIpc) is 2.65. The van der Waals surface area contributed by atoms with Gasteiger partial charge in [-0.2, -0.15) is 11.8 Å². The van der Waals surface area contributed by atoms with Crippen LogP contribution in [0.1, 0.15) is 12.5 Å². The number of carbonyl (C=O) groups excluding carboxylic acids is 1. The number of amides is 1. The van der Waals surface area contributed by atoms with E-state index < -0.39 is 23.2 Å². The summed E-state index contributed by atoms with van der Waals surface area (Å²) >= 11 is 1.54. The fraction of sp³-hybridized carbons (Fsp3) is 0.222. The first-order valence-electron chi connectivity index (χ1n) is 8.06. The summed E-state index contributed by atoms with van der Waals surface area (Å²) in [6.07, 6.45) is 3.81. The van der Waals surface area contributed by atoms with E-state index in [4.69, 9.17) is 0 Å². The Kier molecular flexibility index (Phi) is 5.52. The molecule has 0 spiro atoms. The van der Waals surface area contributed by atoms with Crippen LogP contribution in [0.15, 0.2) is 58.3 Å². The highest BCUT2D eigenvalue weighted by atomic mass is 32.2. The van der Waals surface area contributed by atoms with Gasteiger partial charge in [0.05, 0.1) is 10.9 Å². The van der Waals surface area contributed by atoms with Crippen molar-refractivity contribution in [3.05, 3.63) is 69.5 Å². The van der Waals surface area contributed by atoms with E-state index in [2.05, 4.69) is 15.3 Å². The molecule has 0 unspecified atom stereocenters. The zero-order chi connectivity index (χ0) is 18.5. The number of hydrogen-bond donors (Lipinski definition) is 2. The van der Waals surface area contributed by atoms with Crippen LogP contribution in [0.2, 0.25) is 0 Å². The maximum absolute atomic E-state index is 12.9. The topological polar surface area (TPSA) is 96.8 Å². The lowest BCUT2D eigenvalue weighted by Gasteiger charge is -2.18. The smallest absolute Gasteiger partial charge is 0.309 e. The van der Waals surface area contributed by atoms with E-state index in [-0.39, 0.29) is 0 Å². The van der Waals surface area contributed by atoms with Gasteiger partial charge < -0.3 is 10.3 Å². The van der Waals surface area contributed by atoms with E-state index in [1.165, 1.54) is 0 Å². The third kappa shape index (κ3) is 3.70. The molecule has 2 heterocycles. The number of nitrogens with one attached hydrogen (secondary N) is 2. The number of aromatic nitrogens is 3. The van der Waals surface area contributed by atoms with Gasteiger partial charge in [-0.05, 0) is 42.7 Å². The van der Waals surface area contributed by atoms with E-state index in [1.54, 1.807) is 60.4 Å². The number of para-hydroxylation sites is 1. The van der Waals surface area contributed by atoms with Gasteiger partial charge in [0.2, 0.25) is 5.91 Å². The van der Waals surface area contributed by atoms with Gasteiger partial charge >= 0.3 is 5.69 Å². The predicted octanol–water partition coefficient (Wildman–Crippen LogP) is 2.02. The number of nitrogens with zero attached hydrogens (tertiary/aromatic N) is 2. The van der Waals surface area contributed by atoms with Gasteiger partial charge in [0.15, 0.2) is 0 Å². The van der Waals surface area contributed by atoms with Crippen LogP contribution >= 0.6 is 11.8 Å². The highest BCUT2D eigenvalue weighted by Crippen LogP contribution is 2.15. The third-order valence-corrected chi connectivity index (χ3v) is 4.61. The van der Waals surface area contributed by atoms with Gasteiger partial charge in [0.25, 0.3) is 5.56 Å². The van der Waals surface area contributed by atoms with Crippen molar-refractivity contribution in [3.63, 3.8) is 0 Å². The molecule has 2 N–H and O–H groups in total. The van der Waals surface area contributed by atoms with E-state index in [9.17, 15) is 14.4 Å². The zero-order valence-electron chi connectivity index (χ0n) is 14.1. The van der Waals surface area contributed by atoms with Crippen LogP contribution in [-0.2, 0) is 4.79 Å². The molecule has 8 heteroatoms. The third-order valence-electron chi connectivity index (χ3n) is 3.96. The van der Waals surface area contributed by atoms with Gasteiger partial charge in [-0.15, -0.1) is 0 Å². The summed E-state index contributed by atoms with van der Waals surface area (Å²) in [5.41, 5.74) is -0.630. The molecule has 0 fully saturated rings. The fourth-order valence-electron chi connectivity index (χ4n) is 2.71. The molecule has 0 radical (unpaired) electrons. The van der Waals surface area contributed by atoms with Crippen molar-refractivity contribution >= 4 is 34.4 Å². The minimum atomic E-state index is -0.926. The zero-order valence-corrected chi connectivity index (χ0v) is 15.0. The Morgan fingerprint density at radius 3 is 2.73 bits per heavy atom. The van der Waals surface area contributed by atoms with Crippen LogP contribution in [0.25, 0.3) is 10.9 Å². The molecule has 0 aliphatic rings. The van der Waals surface area contributed by atoms with Crippen LogP contribution in [0, 0.1) is 0 Å². The normalized spacial score (nSPS) is 12.0. The number of thioether (sulfide) groups is 1. The largest absolute Gasteiger partial charge is 0.329 e. The molecule has 2 aromatic heterocycles. The van der Waals surface area contributed by atoms with Crippen LogP contribution in [0.4, 0.5) is 5.82 Å². The first-order valence-corrected chi connectivity index (χ1v) is 9.45. The highest BCUT2D eigenvalue weighted by molar-refractivity contribution is 7.98. The van der Waals surface area contributed by atoms with Gasteiger partial charge in [-0.1, -0.05) is 18.2 Å². The maximum Gasteiger partial charge on any atom is 0.329 e. The Bertz CT molecular complexity index is 1030. The lowest BCUT2D eigenvalue weighted by molar-refractivity contribution is -0.119. The number of fused-ring (bicyclic) bond motifs is 1. The summed E-state index contributed by atoms with van der Waals surface area (Å²) in [4.78, 5) is 44.9. The number of hydrogen-bond acceptors (Lipinski definition) is 5. The van der Waals surface area contributed by atoms with Crippen molar-refractivity contribution in [2.24, 2.45) is 0 Å². The monoisotopic (exact) mass is 370 g/mol. The number of pyridine rings is 1. The summed E-state index contributed by atoms with van der Waals surface area (Å²) in [5, 5.41) is 3.05. The second-order valence-corrected chi connectivity index (χ2v) is 6.64. The van der Waals surface area contributed by atoms with E-state index in [0.717, 1.165) is 4.57 Å². The van der Waals surface area contributed by atoms with Crippen molar-refractivity contribution < 1.29 is 4.79 Å². The number of benzene rings is 1. The standard InChI is InChI=1S/C18H18N4O3S/c1-26-11-9-14(16(23)21-15-8-4-5-10-19-15)22-17(24)12-6-2-3-7-13(12)20-18(22)25/h2-8,10,14H,9,11H2,1H3,(H,20,25)(H,19,21,23)/t14-/m0/s1. The summed E-state index contributed by atoms with van der Waals surface area (Å²) in [7, 11) is 0. The Hall–Kier alpha value is -2.87. The highest BCUT2D eigenvalue weighted by Gasteiger charge is 2.25. The summed E-state index contributed by atoms with van der Waals surface area (Å²) in [5.74, 6) is 0.552. The first-order chi connectivity index (χ1) is 12.6. The molecule has 7 nitrogen and oxygen atoms in total. The van der Waals surface area contributed by atoms with Crippen LogP contribution in [-0.4, -0.2) is 32.5 Å². The molecule has 1 amide bonds. The summed E-state index contributed by atoms with van der Waals surface area (Å²) < 4.78 is 0.997. The number of carbonyl (C=O) groups is 1. The maximum atomic E-state index is 12.9. The number of rotatable bonds is 6. The fourth-order valence-corrected chi connectivity index (χ4v) is 3.17. The van der Waals surface area contributed by atoms with E-state index in [1.807, 2.05) is 6.26 Å². The molecule has 0 saturated carbocycles. The van der Waals surface area contributed by atoms with Gasteiger partial charge in [-0.3, -0.25) is 9.59 Å². The Balaban J connectivity index is 2.05.